The predicted molar refractivity (Wildman–Crippen MR) is 92.8 cm³/mol. The summed E-state index contributed by atoms with van der Waals surface area (Å²) in [6.07, 6.45) is 1.75. The van der Waals surface area contributed by atoms with Crippen molar-refractivity contribution in [1.29, 1.82) is 0 Å². The van der Waals surface area contributed by atoms with Gasteiger partial charge in [-0.05, 0) is 55.1 Å². The van der Waals surface area contributed by atoms with Crippen LogP contribution in [0.15, 0.2) is 53.1 Å². The maximum atomic E-state index is 5.62. The van der Waals surface area contributed by atoms with Crippen molar-refractivity contribution >= 4 is 24.8 Å². The lowest BCUT2D eigenvalue weighted by molar-refractivity contribution is 0.429. The molecule has 2 fully saturated rings. The molecule has 4 atom stereocenters. The van der Waals surface area contributed by atoms with E-state index < -0.39 is 0 Å². The Morgan fingerprint density at radius 1 is 1.05 bits per heavy atom. The molecule has 2 aliphatic rings. The van der Waals surface area contributed by atoms with Gasteiger partial charge in [-0.25, -0.2) is 0 Å². The van der Waals surface area contributed by atoms with Crippen molar-refractivity contribution in [2.75, 3.05) is 19.6 Å². The maximum absolute atomic E-state index is 5.62. The molecule has 1 saturated carbocycles. The van der Waals surface area contributed by atoms with Crippen LogP contribution in [0.5, 0.6) is 0 Å². The molecule has 1 aliphatic heterocycles. The van der Waals surface area contributed by atoms with E-state index in [0.717, 1.165) is 30.1 Å². The van der Waals surface area contributed by atoms with E-state index in [9.17, 15) is 0 Å². The number of halogens is 2. The van der Waals surface area contributed by atoms with E-state index in [-0.39, 0.29) is 30.9 Å². The lowest BCUT2D eigenvalue weighted by Crippen LogP contribution is -2.27. The highest BCUT2D eigenvalue weighted by molar-refractivity contribution is 5.85. The van der Waals surface area contributed by atoms with Gasteiger partial charge in [0.2, 0.25) is 0 Å². The summed E-state index contributed by atoms with van der Waals surface area (Å²) in [5.74, 6) is 3.64. The Kier molecular flexibility index (Phi) is 5.93. The average molecular weight is 341 g/mol. The molecular formula is C17H22Cl2N2O. The lowest BCUT2D eigenvalue weighted by atomic mass is 10.0. The number of piperidine rings is 1. The zero-order valence-corrected chi connectivity index (χ0v) is 13.9. The Labute approximate surface area is 143 Å². The molecular weight excluding hydrogens is 319 g/mol. The molecule has 1 aromatic carbocycles. The highest BCUT2D eigenvalue weighted by Gasteiger charge is 2.52. The van der Waals surface area contributed by atoms with Crippen LogP contribution in [0.2, 0.25) is 0 Å². The van der Waals surface area contributed by atoms with Gasteiger partial charge in [0.05, 0.1) is 12.3 Å². The van der Waals surface area contributed by atoms with Crippen LogP contribution in [-0.4, -0.2) is 19.6 Å². The molecule has 1 saturated heterocycles. The summed E-state index contributed by atoms with van der Waals surface area (Å²) in [5, 5.41) is 7.16. The zero-order chi connectivity index (χ0) is 13.4. The number of rotatable bonds is 5. The van der Waals surface area contributed by atoms with Gasteiger partial charge in [-0.3, -0.25) is 0 Å². The first-order valence-corrected chi connectivity index (χ1v) is 7.46. The lowest BCUT2D eigenvalue weighted by Gasteiger charge is -2.18. The Bertz CT molecular complexity index is 551. The number of nitrogens with one attached hydrogen (secondary N) is 2. The first-order chi connectivity index (χ1) is 9.93. The van der Waals surface area contributed by atoms with Gasteiger partial charge >= 0.3 is 0 Å². The SMILES string of the molecule is Cl.Cl.c1ccc(C(NCC2[C@H]3CNC[C@@H]23)c2ccco2)cc1. The average Bonchev–Trinajstić information content (AvgIpc) is 2.96. The summed E-state index contributed by atoms with van der Waals surface area (Å²) < 4.78 is 5.62. The molecule has 2 N–H and O–H groups in total. The molecule has 4 rings (SSSR count). The number of fused-ring (bicyclic) bond motifs is 1. The number of benzene rings is 1. The second-order valence-electron chi connectivity index (χ2n) is 5.92. The zero-order valence-electron chi connectivity index (χ0n) is 12.3. The monoisotopic (exact) mass is 340 g/mol. The quantitative estimate of drug-likeness (QED) is 0.877. The van der Waals surface area contributed by atoms with Gasteiger partial charge in [0.25, 0.3) is 0 Å². The van der Waals surface area contributed by atoms with E-state index in [1.54, 1.807) is 6.26 Å². The first-order valence-electron chi connectivity index (χ1n) is 7.46. The topological polar surface area (TPSA) is 37.2 Å². The Morgan fingerprint density at radius 2 is 1.77 bits per heavy atom. The molecule has 0 radical (unpaired) electrons. The molecule has 120 valence electrons. The molecule has 1 aliphatic carbocycles. The van der Waals surface area contributed by atoms with Crippen LogP contribution in [0.4, 0.5) is 0 Å². The third-order valence-electron chi connectivity index (χ3n) is 4.79. The molecule has 2 heterocycles. The van der Waals surface area contributed by atoms with Crippen LogP contribution in [0.3, 0.4) is 0 Å². The summed E-state index contributed by atoms with van der Waals surface area (Å²) in [5.41, 5.74) is 1.27. The normalized spacial score (nSPS) is 26.5. The van der Waals surface area contributed by atoms with E-state index >= 15 is 0 Å². The van der Waals surface area contributed by atoms with Crippen molar-refractivity contribution in [1.82, 2.24) is 10.6 Å². The molecule has 2 unspecified atom stereocenters. The van der Waals surface area contributed by atoms with E-state index in [1.807, 2.05) is 6.07 Å². The second kappa shape index (κ2) is 7.51. The van der Waals surface area contributed by atoms with Crippen molar-refractivity contribution in [2.45, 2.75) is 6.04 Å². The third kappa shape index (κ3) is 3.33. The first kappa shape index (κ1) is 17.4. The summed E-state index contributed by atoms with van der Waals surface area (Å²) in [4.78, 5) is 0. The van der Waals surface area contributed by atoms with Crippen LogP contribution in [-0.2, 0) is 0 Å². The van der Waals surface area contributed by atoms with Gasteiger partial charge in [0, 0.05) is 0 Å². The molecule has 0 amide bonds. The van der Waals surface area contributed by atoms with Crippen molar-refractivity contribution < 1.29 is 4.42 Å². The predicted octanol–water partition coefficient (Wildman–Crippen LogP) is 3.27. The highest BCUT2D eigenvalue weighted by atomic mass is 35.5. The second-order valence-corrected chi connectivity index (χ2v) is 5.92. The minimum absolute atomic E-state index is 0. The molecule has 3 nitrogen and oxygen atoms in total. The summed E-state index contributed by atoms with van der Waals surface area (Å²) in [7, 11) is 0. The van der Waals surface area contributed by atoms with Crippen molar-refractivity contribution in [2.24, 2.45) is 17.8 Å². The molecule has 5 heteroatoms. The van der Waals surface area contributed by atoms with Crippen molar-refractivity contribution in [3.05, 3.63) is 60.1 Å². The Hall–Kier alpha value is -1.00. The van der Waals surface area contributed by atoms with Gasteiger partial charge in [0.15, 0.2) is 0 Å². The van der Waals surface area contributed by atoms with Crippen molar-refractivity contribution in [3.63, 3.8) is 0 Å². The van der Waals surface area contributed by atoms with Gasteiger partial charge in [-0.1, -0.05) is 30.3 Å². The molecule has 1 aromatic heterocycles. The number of hydrogen-bond acceptors (Lipinski definition) is 3. The van der Waals surface area contributed by atoms with Crippen LogP contribution in [0, 0.1) is 17.8 Å². The summed E-state index contributed by atoms with van der Waals surface area (Å²) >= 11 is 0. The van der Waals surface area contributed by atoms with E-state index in [0.29, 0.717) is 0 Å². The van der Waals surface area contributed by atoms with E-state index in [2.05, 4.69) is 47.0 Å². The van der Waals surface area contributed by atoms with E-state index in [1.165, 1.54) is 18.7 Å². The Morgan fingerprint density at radius 3 is 2.41 bits per heavy atom. The fourth-order valence-corrected chi connectivity index (χ4v) is 3.59. The van der Waals surface area contributed by atoms with Crippen LogP contribution < -0.4 is 10.6 Å². The standard InChI is InChI=1S/C17H20N2O.2ClH/c1-2-5-12(6-3-1)17(16-7-4-8-20-16)19-11-15-13-9-18-10-14(13)15;;/h1-8,13-15,17-19H,9-11H2;2*1H/t13-,14+,15?,17?;;. The minimum Gasteiger partial charge on any atom is -0.467 e. The number of furan rings is 1. The van der Waals surface area contributed by atoms with Crippen LogP contribution in [0.25, 0.3) is 0 Å². The molecule has 22 heavy (non-hydrogen) atoms. The van der Waals surface area contributed by atoms with Crippen LogP contribution >= 0.6 is 24.8 Å². The maximum Gasteiger partial charge on any atom is 0.125 e. The third-order valence-corrected chi connectivity index (χ3v) is 4.79. The molecule has 0 spiro atoms. The van der Waals surface area contributed by atoms with Crippen LogP contribution in [0.1, 0.15) is 17.4 Å². The summed E-state index contributed by atoms with van der Waals surface area (Å²) in [6.45, 7) is 3.48. The fraction of sp³-hybridized carbons (Fsp3) is 0.412. The minimum atomic E-state index is 0. The van der Waals surface area contributed by atoms with Gasteiger partial charge < -0.3 is 15.1 Å². The fourth-order valence-electron chi connectivity index (χ4n) is 3.59. The molecule has 2 aromatic rings. The smallest absolute Gasteiger partial charge is 0.125 e. The number of hydrogen-bond donors (Lipinski definition) is 2. The van der Waals surface area contributed by atoms with Gasteiger partial charge in [0.1, 0.15) is 5.76 Å². The van der Waals surface area contributed by atoms with Crippen molar-refractivity contribution in [3.8, 4) is 0 Å². The summed E-state index contributed by atoms with van der Waals surface area (Å²) in [6, 6.07) is 14.7. The van der Waals surface area contributed by atoms with Gasteiger partial charge in [-0.2, -0.15) is 0 Å². The largest absolute Gasteiger partial charge is 0.467 e. The van der Waals surface area contributed by atoms with Gasteiger partial charge in [-0.15, -0.1) is 24.8 Å². The highest BCUT2D eigenvalue weighted by Crippen LogP contribution is 2.48. The van der Waals surface area contributed by atoms with E-state index in [4.69, 9.17) is 4.42 Å². The molecule has 0 bridgehead atoms. The Balaban J connectivity index is 0.000000882.